The summed E-state index contributed by atoms with van der Waals surface area (Å²) in [6.07, 6.45) is 7.28. The van der Waals surface area contributed by atoms with Gasteiger partial charge in [-0.3, -0.25) is 9.69 Å². The Hall–Kier alpha value is -2.34. The Balaban J connectivity index is 1.63. The summed E-state index contributed by atoms with van der Waals surface area (Å²) in [5.41, 5.74) is 2.54. The maximum atomic E-state index is 13.2. The number of carbonyl (C=O) groups is 3. The minimum Gasteiger partial charge on any atom is -0.481 e. The fraction of sp³-hybridized carbons (Fsp3) is 0.593. The standard InChI is InChI=1S/C27H35ClN2O4/c1-26(2,3)8-7-17-5-6-20(13-23(17)28)27(4)22(18-9-16(10-18)15-31)14-30(25(34)29-27)21-11-19(12-21)24(32)33/h5-6,13-16,18-19,21H,7-12H2,1-4H3,(H,29,34)(H,32,33)/t16?,18?,19?,21?,27-/m0/s1. The first kappa shape index (κ1) is 24.8. The molecular weight excluding hydrogens is 452 g/mol. The van der Waals surface area contributed by atoms with Crippen molar-refractivity contribution in [3.8, 4) is 0 Å². The van der Waals surface area contributed by atoms with Crippen molar-refractivity contribution in [2.75, 3.05) is 0 Å². The molecule has 0 radical (unpaired) electrons. The van der Waals surface area contributed by atoms with Crippen LogP contribution in [0.15, 0.2) is 30.0 Å². The van der Waals surface area contributed by atoms with E-state index in [0.717, 1.165) is 48.7 Å². The number of benzene rings is 1. The highest BCUT2D eigenvalue weighted by molar-refractivity contribution is 6.31. The zero-order valence-corrected chi connectivity index (χ0v) is 21.2. The minimum atomic E-state index is -0.809. The molecule has 2 amide bonds. The molecule has 3 aliphatic rings. The van der Waals surface area contributed by atoms with Crippen LogP contribution in [-0.4, -0.2) is 34.3 Å². The van der Waals surface area contributed by atoms with Crippen molar-refractivity contribution in [2.24, 2.45) is 23.2 Å². The van der Waals surface area contributed by atoms with E-state index in [4.69, 9.17) is 11.6 Å². The Morgan fingerprint density at radius 2 is 1.94 bits per heavy atom. The molecule has 0 bridgehead atoms. The van der Waals surface area contributed by atoms with Crippen molar-refractivity contribution in [3.05, 3.63) is 46.1 Å². The van der Waals surface area contributed by atoms with Gasteiger partial charge < -0.3 is 15.2 Å². The molecule has 1 atom stereocenters. The van der Waals surface area contributed by atoms with Crippen LogP contribution in [0.4, 0.5) is 4.79 Å². The molecule has 1 aliphatic heterocycles. The number of carbonyl (C=O) groups excluding carboxylic acids is 2. The number of aliphatic carboxylic acids is 1. The molecule has 1 aromatic rings. The van der Waals surface area contributed by atoms with Gasteiger partial charge in [0.15, 0.2) is 0 Å². The van der Waals surface area contributed by atoms with E-state index in [1.165, 1.54) is 0 Å². The lowest BCUT2D eigenvalue weighted by Crippen LogP contribution is -2.60. The quantitative estimate of drug-likeness (QED) is 0.496. The lowest BCUT2D eigenvalue weighted by Gasteiger charge is -2.50. The lowest BCUT2D eigenvalue weighted by atomic mass is 9.65. The number of amides is 2. The molecule has 7 heteroatoms. The van der Waals surface area contributed by atoms with E-state index in [1.54, 1.807) is 4.90 Å². The van der Waals surface area contributed by atoms with Gasteiger partial charge in [-0.25, -0.2) is 4.79 Å². The van der Waals surface area contributed by atoms with Crippen molar-refractivity contribution in [1.82, 2.24) is 10.2 Å². The summed E-state index contributed by atoms with van der Waals surface area (Å²) in [5.74, 6) is -0.982. The number of nitrogens with one attached hydrogen (secondary N) is 1. The lowest BCUT2D eigenvalue weighted by molar-refractivity contribution is -0.146. The fourth-order valence-electron chi connectivity index (χ4n) is 5.33. The van der Waals surface area contributed by atoms with Crippen LogP contribution in [0.2, 0.25) is 5.02 Å². The third kappa shape index (κ3) is 4.74. The molecule has 0 spiro atoms. The smallest absolute Gasteiger partial charge is 0.322 e. The molecule has 4 rings (SSSR count). The third-order valence-corrected chi connectivity index (χ3v) is 8.24. The zero-order valence-electron chi connectivity index (χ0n) is 20.4. The number of halogens is 1. The molecule has 2 saturated carbocycles. The first-order chi connectivity index (χ1) is 15.9. The maximum absolute atomic E-state index is 13.2. The highest BCUT2D eigenvalue weighted by Crippen LogP contribution is 2.48. The molecule has 2 fully saturated rings. The molecule has 0 aromatic heterocycles. The molecule has 1 aromatic carbocycles. The number of hydrogen-bond acceptors (Lipinski definition) is 3. The zero-order chi connectivity index (χ0) is 24.8. The molecule has 0 saturated heterocycles. The van der Waals surface area contributed by atoms with Gasteiger partial charge in [0.05, 0.1) is 11.5 Å². The number of nitrogens with zero attached hydrogens (tertiary/aromatic N) is 1. The molecule has 1 heterocycles. The number of hydrogen-bond donors (Lipinski definition) is 2. The Morgan fingerprint density at radius 3 is 2.50 bits per heavy atom. The van der Waals surface area contributed by atoms with Gasteiger partial charge in [-0.15, -0.1) is 0 Å². The molecule has 0 unspecified atom stereocenters. The number of carboxylic acid groups (broad SMARTS) is 1. The topological polar surface area (TPSA) is 86.7 Å². The maximum Gasteiger partial charge on any atom is 0.322 e. The van der Waals surface area contributed by atoms with Gasteiger partial charge in [-0.05, 0) is 79.5 Å². The fourth-order valence-corrected chi connectivity index (χ4v) is 5.60. The van der Waals surface area contributed by atoms with E-state index in [-0.39, 0.29) is 29.3 Å². The van der Waals surface area contributed by atoms with Crippen LogP contribution in [0.25, 0.3) is 0 Å². The average molecular weight is 487 g/mol. The number of aldehydes is 1. The van der Waals surface area contributed by atoms with Gasteiger partial charge in [-0.1, -0.05) is 44.5 Å². The first-order valence-corrected chi connectivity index (χ1v) is 12.6. The van der Waals surface area contributed by atoms with Crippen LogP contribution in [0.1, 0.15) is 70.9 Å². The number of carboxylic acids is 1. The molecule has 2 aliphatic carbocycles. The predicted octanol–water partition coefficient (Wildman–Crippen LogP) is 5.53. The number of rotatable bonds is 7. The molecule has 2 N–H and O–H groups in total. The Kier molecular flexibility index (Phi) is 6.58. The monoisotopic (exact) mass is 486 g/mol. The highest BCUT2D eigenvalue weighted by Gasteiger charge is 2.48. The van der Waals surface area contributed by atoms with Gasteiger partial charge in [0.2, 0.25) is 0 Å². The van der Waals surface area contributed by atoms with Gasteiger partial charge in [0, 0.05) is 23.2 Å². The highest BCUT2D eigenvalue weighted by atomic mass is 35.5. The largest absolute Gasteiger partial charge is 0.481 e. The van der Waals surface area contributed by atoms with Crippen LogP contribution in [0.5, 0.6) is 0 Å². The van der Waals surface area contributed by atoms with E-state index in [1.807, 2.05) is 25.3 Å². The first-order valence-electron chi connectivity index (χ1n) is 12.2. The van der Waals surface area contributed by atoms with Crippen LogP contribution in [0, 0.1) is 23.2 Å². The Morgan fingerprint density at radius 1 is 1.26 bits per heavy atom. The van der Waals surface area contributed by atoms with Gasteiger partial charge in [-0.2, -0.15) is 0 Å². The van der Waals surface area contributed by atoms with Crippen LogP contribution in [0.3, 0.4) is 0 Å². The molecule has 184 valence electrons. The number of urea groups is 1. The van der Waals surface area contributed by atoms with E-state index >= 15 is 0 Å². The van der Waals surface area contributed by atoms with Crippen LogP contribution in [-0.2, 0) is 21.5 Å². The molecule has 34 heavy (non-hydrogen) atoms. The van der Waals surface area contributed by atoms with Crippen molar-refractivity contribution < 1.29 is 19.5 Å². The summed E-state index contributed by atoms with van der Waals surface area (Å²) in [4.78, 5) is 37.4. The average Bonchev–Trinajstić information content (AvgIpc) is 2.67. The van der Waals surface area contributed by atoms with Crippen molar-refractivity contribution in [3.63, 3.8) is 0 Å². The Labute approximate surface area is 206 Å². The number of aryl methyl sites for hydroxylation is 1. The SMILES string of the molecule is CC(C)(C)CCc1ccc([C@]2(C)NC(=O)N(C3CC(C(=O)O)C3)C=C2C2CC(C=O)C2)cc1Cl. The van der Waals surface area contributed by atoms with Crippen molar-refractivity contribution in [1.29, 1.82) is 0 Å². The summed E-state index contributed by atoms with van der Waals surface area (Å²) in [5, 5.41) is 13.1. The summed E-state index contributed by atoms with van der Waals surface area (Å²) in [6.45, 7) is 8.64. The van der Waals surface area contributed by atoms with Gasteiger partial charge >= 0.3 is 12.0 Å². The molecule has 6 nitrogen and oxygen atoms in total. The summed E-state index contributed by atoms with van der Waals surface area (Å²) in [6, 6.07) is 5.73. The molecular formula is C27H35ClN2O4. The second-order valence-electron chi connectivity index (χ2n) is 11.6. The van der Waals surface area contributed by atoms with E-state index in [2.05, 4.69) is 32.2 Å². The second-order valence-corrected chi connectivity index (χ2v) is 12.0. The van der Waals surface area contributed by atoms with Gasteiger partial charge in [0.25, 0.3) is 0 Å². The van der Waals surface area contributed by atoms with E-state index in [9.17, 15) is 19.5 Å². The predicted molar refractivity (Wildman–Crippen MR) is 131 cm³/mol. The second kappa shape index (κ2) is 9.03. The van der Waals surface area contributed by atoms with Crippen LogP contribution >= 0.6 is 11.6 Å². The van der Waals surface area contributed by atoms with E-state index < -0.39 is 17.4 Å². The summed E-state index contributed by atoms with van der Waals surface area (Å²) < 4.78 is 0. The summed E-state index contributed by atoms with van der Waals surface area (Å²) >= 11 is 6.71. The van der Waals surface area contributed by atoms with Gasteiger partial charge in [0.1, 0.15) is 6.29 Å². The normalized spacial score (nSPS) is 31.1. The Bertz CT molecular complexity index is 1020. The van der Waals surface area contributed by atoms with E-state index in [0.29, 0.717) is 17.9 Å². The third-order valence-electron chi connectivity index (χ3n) is 7.88. The summed E-state index contributed by atoms with van der Waals surface area (Å²) in [7, 11) is 0. The van der Waals surface area contributed by atoms with Crippen molar-refractivity contribution in [2.45, 2.75) is 77.8 Å². The van der Waals surface area contributed by atoms with Crippen LogP contribution < -0.4 is 5.32 Å². The minimum absolute atomic E-state index is 0.0460. The van der Waals surface area contributed by atoms with Crippen molar-refractivity contribution >= 4 is 29.9 Å².